The van der Waals surface area contributed by atoms with Gasteiger partial charge in [0.05, 0.1) is 41.5 Å². The fourth-order valence-electron chi connectivity index (χ4n) is 4.88. The minimum Gasteiger partial charge on any atom is -0.443 e. The molecule has 0 bridgehead atoms. The molecule has 12 heteroatoms. The Morgan fingerprint density at radius 2 is 1.89 bits per heavy atom. The third-order valence-corrected chi connectivity index (χ3v) is 13.1. The van der Waals surface area contributed by atoms with Crippen LogP contribution in [0.4, 0.5) is 22.1 Å². The maximum atomic E-state index is 13.4. The zero-order valence-corrected chi connectivity index (χ0v) is 29.8. The standard InChI is InChI=1S/C34H49N7O4Si/c1-24-29(23-40(39-24)22-25-13-17-43-18-14-25)38-31-36-15-12-28(37-31)26-10-11-30(27(20-26)21-35)41(32(42)45-33(2,3)4)16-19-44-46(8,9)34(5,6)7/h10-12,15,20,23,25H,13-14,16-19,22H2,1-9H3,(H,36,37,38). The van der Waals surface area contributed by atoms with Crippen molar-refractivity contribution in [1.82, 2.24) is 19.7 Å². The first-order valence-corrected chi connectivity index (χ1v) is 18.9. The molecule has 1 amide bonds. The Morgan fingerprint density at radius 3 is 2.54 bits per heavy atom. The van der Waals surface area contributed by atoms with E-state index in [1.54, 1.807) is 24.4 Å². The second-order valence-electron chi connectivity index (χ2n) is 14.4. The Kier molecular flexibility index (Phi) is 10.9. The van der Waals surface area contributed by atoms with Crippen LogP contribution < -0.4 is 10.2 Å². The summed E-state index contributed by atoms with van der Waals surface area (Å²) in [6.07, 6.45) is 5.21. The maximum absolute atomic E-state index is 13.4. The smallest absolute Gasteiger partial charge is 0.414 e. The van der Waals surface area contributed by atoms with Crippen molar-refractivity contribution in [3.8, 4) is 17.3 Å². The van der Waals surface area contributed by atoms with Crippen molar-refractivity contribution in [2.24, 2.45) is 5.92 Å². The Bertz CT molecular complexity index is 1550. The first kappa shape index (κ1) is 35.1. The molecule has 1 aliphatic rings. The fourth-order valence-corrected chi connectivity index (χ4v) is 5.92. The molecule has 2 aromatic heterocycles. The first-order valence-electron chi connectivity index (χ1n) is 16.0. The monoisotopic (exact) mass is 647 g/mol. The van der Waals surface area contributed by atoms with Gasteiger partial charge >= 0.3 is 6.09 Å². The van der Waals surface area contributed by atoms with E-state index in [9.17, 15) is 10.1 Å². The van der Waals surface area contributed by atoms with E-state index in [4.69, 9.17) is 18.9 Å². The van der Waals surface area contributed by atoms with Crippen molar-refractivity contribution in [3.63, 3.8) is 0 Å². The molecule has 248 valence electrons. The predicted molar refractivity (Wildman–Crippen MR) is 183 cm³/mol. The highest BCUT2D eigenvalue weighted by atomic mass is 28.4. The average molecular weight is 648 g/mol. The molecule has 3 aromatic rings. The van der Waals surface area contributed by atoms with E-state index in [1.165, 1.54) is 4.90 Å². The van der Waals surface area contributed by atoms with Gasteiger partial charge in [-0.2, -0.15) is 10.4 Å². The van der Waals surface area contributed by atoms with Gasteiger partial charge in [0.1, 0.15) is 11.7 Å². The summed E-state index contributed by atoms with van der Waals surface area (Å²) < 4.78 is 19.6. The van der Waals surface area contributed by atoms with Gasteiger partial charge < -0.3 is 19.2 Å². The minimum atomic E-state index is -2.05. The summed E-state index contributed by atoms with van der Waals surface area (Å²) in [4.78, 5) is 24.1. The van der Waals surface area contributed by atoms with Crippen LogP contribution in [0.3, 0.4) is 0 Å². The van der Waals surface area contributed by atoms with Crippen molar-refractivity contribution in [2.45, 2.75) is 91.6 Å². The Balaban J connectivity index is 1.55. The van der Waals surface area contributed by atoms with Crippen LogP contribution in [0, 0.1) is 24.2 Å². The van der Waals surface area contributed by atoms with Crippen molar-refractivity contribution in [3.05, 3.63) is 47.9 Å². The van der Waals surface area contributed by atoms with Gasteiger partial charge in [0.25, 0.3) is 0 Å². The van der Waals surface area contributed by atoms with E-state index in [2.05, 4.69) is 55.3 Å². The molecule has 1 aliphatic heterocycles. The van der Waals surface area contributed by atoms with E-state index in [0.717, 1.165) is 49.5 Å². The normalized spacial score (nSPS) is 14.5. The predicted octanol–water partition coefficient (Wildman–Crippen LogP) is 7.45. The summed E-state index contributed by atoms with van der Waals surface area (Å²) in [5.74, 6) is 0.973. The number of hydrogen-bond acceptors (Lipinski definition) is 9. The van der Waals surface area contributed by atoms with Crippen LogP contribution in [-0.2, 0) is 20.4 Å². The van der Waals surface area contributed by atoms with E-state index in [1.807, 2.05) is 44.6 Å². The van der Waals surface area contributed by atoms with Crippen LogP contribution in [0.1, 0.15) is 65.6 Å². The van der Waals surface area contributed by atoms with Gasteiger partial charge in [-0.3, -0.25) is 9.58 Å². The molecule has 4 rings (SSSR count). The molecule has 11 nitrogen and oxygen atoms in total. The number of nitrogens with zero attached hydrogens (tertiary/aromatic N) is 6. The van der Waals surface area contributed by atoms with Crippen LogP contribution in [0.2, 0.25) is 18.1 Å². The Labute approximate surface area is 274 Å². The molecule has 0 aliphatic carbocycles. The van der Waals surface area contributed by atoms with Gasteiger partial charge in [0.15, 0.2) is 8.32 Å². The van der Waals surface area contributed by atoms with E-state index in [-0.39, 0.29) is 11.6 Å². The van der Waals surface area contributed by atoms with Gasteiger partial charge in [0.2, 0.25) is 5.95 Å². The molecule has 0 unspecified atom stereocenters. The fraction of sp³-hybridized carbons (Fsp3) is 0.559. The highest BCUT2D eigenvalue weighted by Gasteiger charge is 2.37. The number of amides is 1. The molecule has 3 heterocycles. The third kappa shape index (κ3) is 9.15. The number of rotatable bonds is 10. The van der Waals surface area contributed by atoms with Crippen LogP contribution in [-0.4, -0.2) is 66.1 Å². The van der Waals surface area contributed by atoms with Crippen molar-refractivity contribution in [1.29, 1.82) is 5.26 Å². The topological polar surface area (TPSA) is 127 Å². The summed E-state index contributed by atoms with van der Waals surface area (Å²) in [6.45, 7) is 21.3. The van der Waals surface area contributed by atoms with Crippen molar-refractivity contribution >= 4 is 31.7 Å². The number of anilines is 3. The summed E-state index contributed by atoms with van der Waals surface area (Å²) >= 11 is 0. The lowest BCUT2D eigenvalue weighted by Crippen LogP contribution is -2.44. The summed E-state index contributed by atoms with van der Waals surface area (Å²) in [5, 5.41) is 18.2. The van der Waals surface area contributed by atoms with E-state index in [0.29, 0.717) is 35.4 Å². The number of hydrogen-bond donors (Lipinski definition) is 1. The number of aromatic nitrogens is 4. The molecule has 0 atom stereocenters. The van der Waals surface area contributed by atoms with Gasteiger partial charge in [0, 0.05) is 37.7 Å². The molecule has 46 heavy (non-hydrogen) atoms. The van der Waals surface area contributed by atoms with Crippen molar-refractivity contribution in [2.75, 3.05) is 36.6 Å². The third-order valence-electron chi connectivity index (χ3n) is 8.54. The quantitative estimate of drug-likeness (QED) is 0.223. The second kappa shape index (κ2) is 14.3. The lowest BCUT2D eigenvalue weighted by Gasteiger charge is -2.37. The van der Waals surface area contributed by atoms with Crippen LogP contribution in [0.15, 0.2) is 36.7 Å². The van der Waals surface area contributed by atoms with Gasteiger partial charge in [-0.15, -0.1) is 0 Å². The van der Waals surface area contributed by atoms with Gasteiger partial charge in [-0.25, -0.2) is 14.8 Å². The summed E-state index contributed by atoms with van der Waals surface area (Å²) in [7, 11) is -2.05. The zero-order valence-electron chi connectivity index (χ0n) is 28.8. The van der Waals surface area contributed by atoms with Crippen molar-refractivity contribution < 1.29 is 18.7 Å². The van der Waals surface area contributed by atoms with Crippen LogP contribution >= 0.6 is 0 Å². The number of nitriles is 1. The number of ether oxygens (including phenoxy) is 2. The highest BCUT2D eigenvalue weighted by Crippen LogP contribution is 2.37. The molecule has 0 spiro atoms. The Morgan fingerprint density at radius 1 is 1.17 bits per heavy atom. The average Bonchev–Trinajstić information content (AvgIpc) is 3.31. The molecule has 1 fully saturated rings. The lowest BCUT2D eigenvalue weighted by atomic mass is 10.0. The molecule has 0 saturated carbocycles. The van der Waals surface area contributed by atoms with Crippen LogP contribution in [0.5, 0.6) is 0 Å². The number of carbonyl (C=O) groups is 1. The first-order chi connectivity index (χ1) is 21.6. The second-order valence-corrected chi connectivity index (χ2v) is 19.2. The molecular formula is C34H49N7O4Si. The maximum Gasteiger partial charge on any atom is 0.414 e. The molecular weight excluding hydrogens is 599 g/mol. The summed E-state index contributed by atoms with van der Waals surface area (Å²) in [5.41, 5.74) is 3.14. The van der Waals surface area contributed by atoms with E-state index < -0.39 is 20.0 Å². The molecule has 1 aromatic carbocycles. The number of aryl methyl sites for hydroxylation is 1. The Hall–Kier alpha value is -3.79. The largest absolute Gasteiger partial charge is 0.443 e. The number of benzene rings is 1. The van der Waals surface area contributed by atoms with Gasteiger partial charge in [-0.1, -0.05) is 26.8 Å². The molecule has 1 saturated heterocycles. The van der Waals surface area contributed by atoms with Gasteiger partial charge in [-0.05, 0) is 82.8 Å². The zero-order chi connectivity index (χ0) is 33.7. The minimum absolute atomic E-state index is 0.0262. The number of carbonyl (C=O) groups excluding carboxylic acids is 1. The highest BCUT2D eigenvalue weighted by molar-refractivity contribution is 6.74. The SMILES string of the molecule is Cc1nn(CC2CCOCC2)cc1Nc1nccc(-c2ccc(N(CCO[Si](C)(C)C(C)(C)C)C(=O)OC(C)(C)C)c(C#N)c2)n1. The lowest BCUT2D eigenvalue weighted by molar-refractivity contribution is 0.0573. The van der Waals surface area contributed by atoms with Crippen LogP contribution in [0.25, 0.3) is 11.3 Å². The van der Waals surface area contributed by atoms with E-state index >= 15 is 0 Å². The summed E-state index contributed by atoms with van der Waals surface area (Å²) in [6, 6.07) is 9.43. The molecule has 0 radical (unpaired) electrons. The number of nitrogens with one attached hydrogen (secondary N) is 1. The molecule has 1 N–H and O–H groups in total.